The highest BCUT2D eigenvalue weighted by molar-refractivity contribution is 5.86. The summed E-state index contributed by atoms with van der Waals surface area (Å²) < 4.78 is 5.20. The molecule has 1 saturated carbocycles. The molecule has 2 aliphatic rings. The molecule has 6 nitrogen and oxygen atoms in total. The van der Waals surface area contributed by atoms with Crippen LogP contribution in [0, 0.1) is 11.8 Å². The van der Waals surface area contributed by atoms with Crippen LogP contribution >= 0.6 is 0 Å². The molecule has 108 valence electrons. The minimum absolute atomic E-state index is 0.0323. The number of nitrogens with one attached hydrogen (secondary N) is 1. The quantitative estimate of drug-likeness (QED) is 0.673. The number of nitrogens with two attached hydrogens (primary N) is 1. The smallest absolute Gasteiger partial charge is 0.306 e. The molecule has 2 rings (SSSR count). The molecule has 19 heavy (non-hydrogen) atoms. The van der Waals surface area contributed by atoms with E-state index in [9.17, 15) is 9.59 Å². The summed E-state index contributed by atoms with van der Waals surface area (Å²) in [4.78, 5) is 23.2. The van der Waals surface area contributed by atoms with Gasteiger partial charge in [-0.2, -0.15) is 0 Å². The average Bonchev–Trinajstić information content (AvgIpc) is 2.85. The van der Waals surface area contributed by atoms with Crippen molar-refractivity contribution in [2.45, 2.75) is 37.6 Å². The lowest BCUT2D eigenvalue weighted by molar-refractivity contribution is -0.143. The Morgan fingerprint density at radius 3 is 2.63 bits per heavy atom. The monoisotopic (exact) mass is 270 g/mol. The fraction of sp³-hybridized carbons (Fsp3) is 0.846. The van der Waals surface area contributed by atoms with Crippen molar-refractivity contribution in [1.82, 2.24) is 5.32 Å². The van der Waals surface area contributed by atoms with Gasteiger partial charge >= 0.3 is 5.97 Å². The molecule has 1 aliphatic carbocycles. The highest BCUT2D eigenvalue weighted by Gasteiger charge is 2.38. The number of carbonyl (C=O) groups is 2. The molecule has 1 heterocycles. The summed E-state index contributed by atoms with van der Waals surface area (Å²) in [6.45, 7) is 1.42. The van der Waals surface area contributed by atoms with Crippen LogP contribution in [-0.4, -0.2) is 42.3 Å². The molecule has 0 bridgehead atoms. The fourth-order valence-corrected chi connectivity index (χ4v) is 2.97. The van der Waals surface area contributed by atoms with Gasteiger partial charge in [-0.05, 0) is 31.6 Å². The normalized spacial score (nSPS) is 29.9. The van der Waals surface area contributed by atoms with E-state index < -0.39 is 11.5 Å². The third-order valence-corrected chi connectivity index (χ3v) is 4.34. The largest absolute Gasteiger partial charge is 0.481 e. The van der Waals surface area contributed by atoms with Crippen molar-refractivity contribution in [2.75, 3.05) is 19.8 Å². The standard InChI is InChI=1S/C13H22N2O4/c14-13(4-6-19-7-5-13)12(18)15-8-9-2-1-3-10(9)11(16)17/h9-10H,1-8,14H2,(H,15,18)(H,16,17). The summed E-state index contributed by atoms with van der Waals surface area (Å²) in [5, 5.41) is 11.9. The zero-order chi connectivity index (χ0) is 13.9. The summed E-state index contributed by atoms with van der Waals surface area (Å²) in [5.41, 5.74) is 5.22. The maximum Gasteiger partial charge on any atom is 0.306 e. The molecule has 2 atom stereocenters. The first-order valence-corrected chi connectivity index (χ1v) is 6.91. The number of hydrogen-bond acceptors (Lipinski definition) is 4. The number of carboxylic acids is 1. The predicted molar refractivity (Wildman–Crippen MR) is 68.4 cm³/mol. The number of hydrogen-bond donors (Lipinski definition) is 3. The van der Waals surface area contributed by atoms with Gasteiger partial charge in [0, 0.05) is 19.8 Å². The maximum absolute atomic E-state index is 12.1. The van der Waals surface area contributed by atoms with Crippen molar-refractivity contribution >= 4 is 11.9 Å². The van der Waals surface area contributed by atoms with Crippen molar-refractivity contribution in [1.29, 1.82) is 0 Å². The van der Waals surface area contributed by atoms with Gasteiger partial charge in [0.15, 0.2) is 0 Å². The van der Waals surface area contributed by atoms with Crippen LogP contribution in [0.5, 0.6) is 0 Å². The zero-order valence-corrected chi connectivity index (χ0v) is 11.1. The highest BCUT2D eigenvalue weighted by Crippen LogP contribution is 2.31. The minimum atomic E-state index is -0.852. The zero-order valence-electron chi connectivity index (χ0n) is 11.1. The number of rotatable bonds is 4. The average molecular weight is 270 g/mol. The van der Waals surface area contributed by atoms with Gasteiger partial charge in [-0.1, -0.05) is 6.42 Å². The van der Waals surface area contributed by atoms with Crippen molar-refractivity contribution in [3.05, 3.63) is 0 Å². The van der Waals surface area contributed by atoms with Gasteiger partial charge in [0.2, 0.25) is 5.91 Å². The van der Waals surface area contributed by atoms with Crippen LogP contribution in [0.25, 0.3) is 0 Å². The Bertz CT molecular complexity index is 353. The second-order valence-corrected chi connectivity index (χ2v) is 5.61. The van der Waals surface area contributed by atoms with E-state index in [1.165, 1.54) is 0 Å². The number of carbonyl (C=O) groups excluding carboxylic acids is 1. The molecule has 4 N–H and O–H groups in total. The molecule has 0 spiro atoms. The summed E-state index contributed by atoms with van der Waals surface area (Å²) in [5.74, 6) is -1.23. The van der Waals surface area contributed by atoms with E-state index in [0.717, 1.165) is 12.8 Å². The van der Waals surface area contributed by atoms with Crippen LogP contribution in [0.15, 0.2) is 0 Å². The summed E-state index contributed by atoms with van der Waals surface area (Å²) in [6, 6.07) is 0. The second-order valence-electron chi connectivity index (χ2n) is 5.61. The lowest BCUT2D eigenvalue weighted by Gasteiger charge is -2.32. The van der Waals surface area contributed by atoms with Crippen LogP contribution in [0.4, 0.5) is 0 Å². The summed E-state index contributed by atoms with van der Waals surface area (Å²) >= 11 is 0. The Hall–Kier alpha value is -1.14. The maximum atomic E-state index is 12.1. The molecule has 0 aromatic carbocycles. The Labute approximate surface area is 112 Å². The van der Waals surface area contributed by atoms with Gasteiger partial charge in [0.05, 0.1) is 11.5 Å². The Kier molecular flexibility index (Phi) is 4.42. The van der Waals surface area contributed by atoms with Crippen molar-refractivity contribution < 1.29 is 19.4 Å². The third-order valence-electron chi connectivity index (χ3n) is 4.34. The van der Waals surface area contributed by atoms with Crippen LogP contribution in [0.1, 0.15) is 32.1 Å². The molecule has 6 heteroatoms. The Morgan fingerprint density at radius 2 is 2.00 bits per heavy atom. The van der Waals surface area contributed by atoms with Gasteiger partial charge in [0.1, 0.15) is 0 Å². The highest BCUT2D eigenvalue weighted by atomic mass is 16.5. The summed E-state index contributed by atoms with van der Waals surface area (Å²) in [7, 11) is 0. The topological polar surface area (TPSA) is 102 Å². The van der Waals surface area contributed by atoms with E-state index in [2.05, 4.69) is 5.32 Å². The number of amides is 1. The SMILES string of the molecule is NC1(C(=O)NCC2CCCC2C(=O)O)CCOCC1. The van der Waals surface area contributed by atoms with E-state index in [1.807, 2.05) is 0 Å². The van der Waals surface area contributed by atoms with E-state index in [4.69, 9.17) is 15.6 Å². The van der Waals surface area contributed by atoms with Crippen LogP contribution < -0.4 is 11.1 Å². The number of ether oxygens (including phenoxy) is 1. The first-order valence-electron chi connectivity index (χ1n) is 6.91. The van der Waals surface area contributed by atoms with Crippen LogP contribution in [0.2, 0.25) is 0 Å². The molecule has 0 aromatic heterocycles. The lowest BCUT2D eigenvalue weighted by Crippen LogP contribution is -2.57. The molecule has 1 aliphatic heterocycles. The first kappa shape index (κ1) is 14.3. The van der Waals surface area contributed by atoms with Gasteiger partial charge in [-0.3, -0.25) is 9.59 Å². The van der Waals surface area contributed by atoms with E-state index >= 15 is 0 Å². The van der Waals surface area contributed by atoms with Gasteiger partial charge in [-0.15, -0.1) is 0 Å². The minimum Gasteiger partial charge on any atom is -0.481 e. The van der Waals surface area contributed by atoms with E-state index in [0.29, 0.717) is 39.0 Å². The molecule has 2 unspecified atom stereocenters. The van der Waals surface area contributed by atoms with E-state index in [-0.39, 0.29) is 17.7 Å². The molecule has 2 fully saturated rings. The molecule has 1 amide bonds. The molecule has 1 saturated heterocycles. The lowest BCUT2D eigenvalue weighted by atomic mass is 9.89. The predicted octanol–water partition coefficient (Wildman–Crippen LogP) is 0.111. The molecular formula is C13H22N2O4. The number of aliphatic carboxylic acids is 1. The Morgan fingerprint density at radius 1 is 1.32 bits per heavy atom. The molecule has 0 radical (unpaired) electrons. The first-order chi connectivity index (χ1) is 9.03. The van der Waals surface area contributed by atoms with Crippen molar-refractivity contribution in [3.63, 3.8) is 0 Å². The van der Waals surface area contributed by atoms with E-state index in [1.54, 1.807) is 0 Å². The van der Waals surface area contributed by atoms with Crippen molar-refractivity contribution in [3.8, 4) is 0 Å². The van der Waals surface area contributed by atoms with Gasteiger partial charge < -0.3 is 20.9 Å². The number of carboxylic acid groups (broad SMARTS) is 1. The fourth-order valence-electron chi connectivity index (χ4n) is 2.97. The van der Waals surface area contributed by atoms with Crippen molar-refractivity contribution in [2.24, 2.45) is 17.6 Å². The van der Waals surface area contributed by atoms with Crippen LogP contribution in [-0.2, 0) is 14.3 Å². The van der Waals surface area contributed by atoms with Gasteiger partial charge in [-0.25, -0.2) is 0 Å². The third kappa shape index (κ3) is 3.25. The summed E-state index contributed by atoms with van der Waals surface area (Å²) in [6.07, 6.45) is 3.52. The second kappa shape index (κ2) is 5.88. The molecular weight excluding hydrogens is 248 g/mol. The van der Waals surface area contributed by atoms with Crippen LogP contribution in [0.3, 0.4) is 0 Å². The molecule has 0 aromatic rings. The Balaban J connectivity index is 1.84. The van der Waals surface area contributed by atoms with Gasteiger partial charge in [0.25, 0.3) is 0 Å².